The second-order valence-electron chi connectivity index (χ2n) is 2.17. The lowest BCUT2D eigenvalue weighted by molar-refractivity contribution is -0.129. The number of hydrogen-bond acceptors (Lipinski definition) is 3. The fraction of sp³-hybridized carbons (Fsp3) is 0.833. The van der Waals surface area contributed by atoms with Crippen LogP contribution in [0.1, 0.15) is 6.92 Å². The molecule has 0 radical (unpaired) electrons. The Bertz CT molecular complexity index is 108. The molecule has 1 aliphatic rings. The molecule has 1 rings (SSSR count). The molecule has 1 saturated heterocycles. The first-order valence-electron chi connectivity index (χ1n) is 3.13. The Labute approximate surface area is 54.4 Å². The van der Waals surface area contributed by atoms with E-state index in [1.165, 1.54) is 0 Å². The highest BCUT2D eigenvalue weighted by molar-refractivity contribution is 5.80. The summed E-state index contributed by atoms with van der Waals surface area (Å²) in [7, 11) is 0. The Balaban J connectivity index is 2.31. The van der Waals surface area contributed by atoms with Gasteiger partial charge < -0.3 is 10.1 Å². The van der Waals surface area contributed by atoms with Crippen LogP contribution in [-0.4, -0.2) is 31.6 Å². The molecule has 0 aromatic rings. The minimum atomic E-state index is -0.196. The van der Waals surface area contributed by atoms with Crippen molar-refractivity contribution in [3.8, 4) is 0 Å². The van der Waals surface area contributed by atoms with Gasteiger partial charge in [-0.1, -0.05) is 0 Å². The molecule has 1 aliphatic heterocycles. The summed E-state index contributed by atoms with van der Waals surface area (Å²) in [6.07, 6.45) is -0.196. The molecule has 52 valence electrons. The third-order valence-corrected chi connectivity index (χ3v) is 1.38. The van der Waals surface area contributed by atoms with E-state index in [1.54, 1.807) is 6.92 Å². The van der Waals surface area contributed by atoms with Gasteiger partial charge in [-0.15, -0.1) is 0 Å². The molecule has 1 N–H and O–H groups in total. The second kappa shape index (κ2) is 2.94. The summed E-state index contributed by atoms with van der Waals surface area (Å²) in [4.78, 5) is 10.6. The van der Waals surface area contributed by atoms with Crippen LogP contribution < -0.4 is 5.32 Å². The van der Waals surface area contributed by atoms with Crippen LogP contribution in [0.5, 0.6) is 0 Å². The molecule has 9 heavy (non-hydrogen) atoms. The van der Waals surface area contributed by atoms with E-state index in [0.717, 1.165) is 6.54 Å². The molecule has 0 bridgehead atoms. The Morgan fingerprint density at radius 3 is 2.89 bits per heavy atom. The molecule has 0 aromatic heterocycles. The normalized spacial score (nSPS) is 27.9. The van der Waals surface area contributed by atoms with E-state index in [0.29, 0.717) is 13.2 Å². The van der Waals surface area contributed by atoms with Crippen molar-refractivity contribution in [1.29, 1.82) is 0 Å². The van der Waals surface area contributed by atoms with Gasteiger partial charge in [-0.2, -0.15) is 0 Å². The molecule has 0 unspecified atom stereocenters. The topological polar surface area (TPSA) is 38.3 Å². The Kier molecular flexibility index (Phi) is 2.19. The van der Waals surface area contributed by atoms with Crippen LogP contribution in [-0.2, 0) is 9.53 Å². The number of carbonyl (C=O) groups excluding carboxylic acids is 1. The second-order valence-corrected chi connectivity index (χ2v) is 2.17. The van der Waals surface area contributed by atoms with E-state index < -0.39 is 0 Å². The fourth-order valence-electron chi connectivity index (χ4n) is 0.827. The maximum atomic E-state index is 10.6. The number of hydrogen-bond donors (Lipinski definition) is 1. The molecule has 0 aromatic carbocycles. The summed E-state index contributed by atoms with van der Waals surface area (Å²) in [6, 6.07) is 0. The van der Waals surface area contributed by atoms with E-state index in [2.05, 4.69) is 5.32 Å². The van der Waals surface area contributed by atoms with Gasteiger partial charge >= 0.3 is 0 Å². The predicted octanol–water partition coefficient (Wildman–Crippen LogP) is -0.436. The quantitative estimate of drug-likeness (QED) is 0.522. The number of morpholine rings is 1. The molecular formula is C6H11NO2. The molecule has 3 heteroatoms. The average molecular weight is 129 g/mol. The maximum absolute atomic E-state index is 10.6. The van der Waals surface area contributed by atoms with Gasteiger partial charge in [-0.05, 0) is 6.92 Å². The van der Waals surface area contributed by atoms with Crippen molar-refractivity contribution in [2.75, 3.05) is 19.7 Å². The van der Waals surface area contributed by atoms with Gasteiger partial charge in [0.25, 0.3) is 0 Å². The molecular weight excluding hydrogens is 118 g/mol. The highest BCUT2D eigenvalue weighted by Gasteiger charge is 2.16. The zero-order valence-corrected chi connectivity index (χ0v) is 5.52. The van der Waals surface area contributed by atoms with Crippen LogP contribution >= 0.6 is 0 Å². The molecule has 0 amide bonds. The third kappa shape index (κ3) is 1.77. The number of ketones is 1. The van der Waals surface area contributed by atoms with E-state index in [9.17, 15) is 4.79 Å². The standard InChI is InChI=1S/C6H11NO2/c1-5(8)6-4-7-2-3-9-6/h6-7H,2-4H2,1H3/t6-/m1/s1. The predicted molar refractivity (Wildman–Crippen MR) is 33.3 cm³/mol. The SMILES string of the molecule is CC(=O)[C@H]1CNCCO1. The van der Waals surface area contributed by atoms with Crippen LogP contribution in [0.4, 0.5) is 0 Å². The smallest absolute Gasteiger partial charge is 0.159 e. The minimum absolute atomic E-state index is 0.113. The monoisotopic (exact) mass is 129 g/mol. The Morgan fingerprint density at radius 2 is 2.56 bits per heavy atom. The summed E-state index contributed by atoms with van der Waals surface area (Å²) >= 11 is 0. The van der Waals surface area contributed by atoms with Crippen molar-refractivity contribution in [2.24, 2.45) is 0 Å². The molecule has 0 saturated carbocycles. The molecule has 0 spiro atoms. The molecule has 1 fully saturated rings. The van der Waals surface area contributed by atoms with E-state index in [4.69, 9.17) is 4.74 Å². The van der Waals surface area contributed by atoms with Gasteiger partial charge in [0, 0.05) is 13.1 Å². The first-order valence-corrected chi connectivity index (χ1v) is 3.13. The van der Waals surface area contributed by atoms with Gasteiger partial charge in [0.05, 0.1) is 6.61 Å². The van der Waals surface area contributed by atoms with Crippen molar-refractivity contribution in [3.05, 3.63) is 0 Å². The molecule has 3 nitrogen and oxygen atoms in total. The summed E-state index contributed by atoms with van der Waals surface area (Å²) < 4.78 is 5.13. The van der Waals surface area contributed by atoms with Crippen LogP contribution in [0.15, 0.2) is 0 Å². The van der Waals surface area contributed by atoms with Crippen LogP contribution in [0.3, 0.4) is 0 Å². The van der Waals surface area contributed by atoms with Gasteiger partial charge in [0.1, 0.15) is 6.10 Å². The first kappa shape index (κ1) is 6.71. The van der Waals surface area contributed by atoms with Crippen molar-refractivity contribution in [1.82, 2.24) is 5.32 Å². The van der Waals surface area contributed by atoms with Crippen LogP contribution in [0.25, 0.3) is 0 Å². The highest BCUT2D eigenvalue weighted by atomic mass is 16.5. The van der Waals surface area contributed by atoms with Crippen molar-refractivity contribution < 1.29 is 9.53 Å². The van der Waals surface area contributed by atoms with Crippen molar-refractivity contribution >= 4 is 5.78 Å². The fourth-order valence-corrected chi connectivity index (χ4v) is 0.827. The number of rotatable bonds is 1. The third-order valence-electron chi connectivity index (χ3n) is 1.38. The van der Waals surface area contributed by atoms with Crippen molar-refractivity contribution in [2.45, 2.75) is 13.0 Å². The lowest BCUT2D eigenvalue weighted by atomic mass is 10.2. The molecule has 1 atom stereocenters. The van der Waals surface area contributed by atoms with Gasteiger partial charge in [0.15, 0.2) is 5.78 Å². The van der Waals surface area contributed by atoms with Gasteiger partial charge in [0.2, 0.25) is 0 Å². The van der Waals surface area contributed by atoms with Crippen molar-refractivity contribution in [3.63, 3.8) is 0 Å². The van der Waals surface area contributed by atoms with Gasteiger partial charge in [-0.3, -0.25) is 4.79 Å². The van der Waals surface area contributed by atoms with E-state index >= 15 is 0 Å². The lowest BCUT2D eigenvalue weighted by Crippen LogP contribution is -2.42. The number of Topliss-reactive ketones (excluding diaryl/α,β-unsaturated/α-hetero) is 1. The number of nitrogens with one attached hydrogen (secondary N) is 1. The van der Waals surface area contributed by atoms with E-state index in [-0.39, 0.29) is 11.9 Å². The average Bonchev–Trinajstić information content (AvgIpc) is 1.90. The summed E-state index contributed by atoms with van der Waals surface area (Å²) in [5.41, 5.74) is 0. The number of carbonyl (C=O) groups is 1. The maximum Gasteiger partial charge on any atom is 0.159 e. The first-order chi connectivity index (χ1) is 4.30. The lowest BCUT2D eigenvalue weighted by Gasteiger charge is -2.20. The Hall–Kier alpha value is -0.410. The zero-order valence-electron chi connectivity index (χ0n) is 5.52. The highest BCUT2D eigenvalue weighted by Crippen LogP contribution is 1.95. The minimum Gasteiger partial charge on any atom is -0.368 e. The number of ether oxygens (including phenoxy) is 1. The largest absolute Gasteiger partial charge is 0.368 e. The zero-order chi connectivity index (χ0) is 6.69. The summed E-state index contributed by atoms with van der Waals surface area (Å²) in [5.74, 6) is 0.113. The van der Waals surface area contributed by atoms with E-state index in [1.807, 2.05) is 0 Å². The van der Waals surface area contributed by atoms with Gasteiger partial charge in [-0.25, -0.2) is 0 Å². The molecule has 0 aliphatic carbocycles. The Morgan fingerprint density at radius 1 is 1.78 bits per heavy atom. The summed E-state index contributed by atoms with van der Waals surface area (Å²) in [5, 5.41) is 3.07. The van der Waals surface area contributed by atoms with Crippen LogP contribution in [0, 0.1) is 0 Å². The molecule has 1 heterocycles. The van der Waals surface area contributed by atoms with Crippen LogP contribution in [0.2, 0.25) is 0 Å². The summed E-state index contributed by atoms with van der Waals surface area (Å²) in [6.45, 7) is 3.75.